The highest BCUT2D eigenvalue weighted by atomic mass is 79.9. The van der Waals surface area contributed by atoms with Crippen molar-refractivity contribution in [2.45, 2.75) is 6.42 Å². The summed E-state index contributed by atoms with van der Waals surface area (Å²) in [7, 11) is 0. The third-order valence-corrected chi connectivity index (χ3v) is 3.96. The SMILES string of the molecule is Fc1cc(Cl)c(NC2=NCCCS2)c(Br)c1. The summed E-state index contributed by atoms with van der Waals surface area (Å²) < 4.78 is 13.6. The molecule has 1 aliphatic heterocycles. The Bertz CT molecular complexity index is 416. The first-order valence-corrected chi connectivity index (χ1v) is 6.91. The van der Waals surface area contributed by atoms with E-state index in [0.29, 0.717) is 15.2 Å². The summed E-state index contributed by atoms with van der Waals surface area (Å²) >= 11 is 10.9. The molecule has 0 amide bonds. The number of hydrogen-bond acceptors (Lipinski definition) is 3. The molecule has 16 heavy (non-hydrogen) atoms. The zero-order valence-electron chi connectivity index (χ0n) is 8.27. The van der Waals surface area contributed by atoms with E-state index in [9.17, 15) is 4.39 Å². The topological polar surface area (TPSA) is 24.4 Å². The zero-order chi connectivity index (χ0) is 11.5. The molecule has 0 bridgehead atoms. The summed E-state index contributed by atoms with van der Waals surface area (Å²) in [5.74, 6) is 0.683. The summed E-state index contributed by atoms with van der Waals surface area (Å²) in [4.78, 5) is 4.32. The number of rotatable bonds is 1. The average Bonchev–Trinajstić information content (AvgIpc) is 2.25. The Labute approximate surface area is 111 Å². The van der Waals surface area contributed by atoms with E-state index in [4.69, 9.17) is 11.6 Å². The van der Waals surface area contributed by atoms with Gasteiger partial charge in [0.1, 0.15) is 5.82 Å². The van der Waals surface area contributed by atoms with Crippen LogP contribution in [-0.4, -0.2) is 17.5 Å². The van der Waals surface area contributed by atoms with Crippen LogP contribution in [-0.2, 0) is 0 Å². The highest BCUT2D eigenvalue weighted by molar-refractivity contribution is 9.10. The largest absolute Gasteiger partial charge is 0.333 e. The van der Waals surface area contributed by atoms with Crippen molar-refractivity contribution < 1.29 is 4.39 Å². The second-order valence-corrected chi connectivity index (χ2v) is 5.60. The van der Waals surface area contributed by atoms with Crippen LogP contribution in [0.25, 0.3) is 0 Å². The van der Waals surface area contributed by atoms with E-state index in [-0.39, 0.29) is 5.82 Å². The third kappa shape index (κ3) is 2.90. The minimum Gasteiger partial charge on any atom is -0.333 e. The number of benzene rings is 1. The third-order valence-electron chi connectivity index (χ3n) is 2.04. The minimum atomic E-state index is -0.360. The number of amidine groups is 1. The highest BCUT2D eigenvalue weighted by Gasteiger charge is 2.12. The molecule has 1 heterocycles. The van der Waals surface area contributed by atoms with Gasteiger partial charge in [-0.3, -0.25) is 4.99 Å². The Morgan fingerprint density at radius 3 is 2.94 bits per heavy atom. The molecule has 0 unspecified atom stereocenters. The van der Waals surface area contributed by atoms with E-state index in [1.54, 1.807) is 11.8 Å². The number of nitrogens with zero attached hydrogens (tertiary/aromatic N) is 1. The molecule has 0 fully saturated rings. The highest BCUT2D eigenvalue weighted by Crippen LogP contribution is 2.32. The molecule has 0 aliphatic carbocycles. The predicted octanol–water partition coefficient (Wildman–Crippen LogP) is 4.15. The van der Waals surface area contributed by atoms with Crippen LogP contribution in [0, 0.1) is 5.82 Å². The van der Waals surface area contributed by atoms with E-state index < -0.39 is 0 Å². The fraction of sp³-hybridized carbons (Fsp3) is 0.300. The van der Waals surface area contributed by atoms with Crippen molar-refractivity contribution in [1.29, 1.82) is 0 Å². The predicted molar refractivity (Wildman–Crippen MR) is 72.1 cm³/mol. The van der Waals surface area contributed by atoms with Crippen molar-refractivity contribution in [2.24, 2.45) is 4.99 Å². The summed E-state index contributed by atoms with van der Waals surface area (Å²) in [6, 6.07) is 2.66. The van der Waals surface area contributed by atoms with Gasteiger partial charge >= 0.3 is 0 Å². The molecule has 1 N–H and O–H groups in total. The number of halogens is 3. The number of aliphatic imine (C=N–C) groups is 1. The minimum absolute atomic E-state index is 0.348. The first kappa shape index (κ1) is 12.2. The molecular weight excluding hydrogens is 315 g/mol. The lowest BCUT2D eigenvalue weighted by atomic mass is 10.3. The monoisotopic (exact) mass is 322 g/mol. The van der Waals surface area contributed by atoms with E-state index in [1.807, 2.05) is 0 Å². The van der Waals surface area contributed by atoms with Crippen LogP contribution in [0.5, 0.6) is 0 Å². The molecule has 0 saturated heterocycles. The number of hydrogen-bond donors (Lipinski definition) is 1. The Balaban J connectivity index is 2.24. The van der Waals surface area contributed by atoms with Gasteiger partial charge in [0.25, 0.3) is 0 Å². The molecule has 0 spiro atoms. The summed E-state index contributed by atoms with van der Waals surface area (Å²) in [5.41, 5.74) is 0.663. The van der Waals surface area contributed by atoms with Crippen molar-refractivity contribution in [3.8, 4) is 0 Å². The van der Waals surface area contributed by atoms with Crippen LogP contribution < -0.4 is 5.32 Å². The first-order valence-electron chi connectivity index (χ1n) is 4.75. The molecule has 0 saturated carbocycles. The first-order chi connectivity index (χ1) is 7.66. The fourth-order valence-electron chi connectivity index (χ4n) is 1.30. The van der Waals surface area contributed by atoms with Gasteiger partial charge < -0.3 is 5.32 Å². The van der Waals surface area contributed by atoms with Crippen LogP contribution in [0.1, 0.15) is 6.42 Å². The van der Waals surface area contributed by atoms with Crippen molar-refractivity contribution in [2.75, 3.05) is 17.6 Å². The molecule has 1 aromatic rings. The van der Waals surface area contributed by atoms with Crippen LogP contribution >= 0.6 is 39.3 Å². The Morgan fingerprint density at radius 1 is 1.50 bits per heavy atom. The summed E-state index contributed by atoms with van der Waals surface area (Å²) in [6.45, 7) is 0.825. The van der Waals surface area contributed by atoms with Crippen LogP contribution in [0.15, 0.2) is 21.6 Å². The average molecular weight is 324 g/mol. The van der Waals surface area contributed by atoms with Gasteiger partial charge in [0.2, 0.25) is 0 Å². The zero-order valence-corrected chi connectivity index (χ0v) is 11.4. The normalized spacial score (nSPS) is 15.8. The van der Waals surface area contributed by atoms with Gasteiger partial charge in [-0.25, -0.2) is 4.39 Å². The van der Waals surface area contributed by atoms with E-state index >= 15 is 0 Å². The summed E-state index contributed by atoms with van der Waals surface area (Å²) in [5, 5.41) is 4.29. The van der Waals surface area contributed by atoms with Gasteiger partial charge in [-0.15, -0.1) is 0 Å². The molecule has 1 aliphatic rings. The maximum Gasteiger partial charge on any atom is 0.161 e. The number of thioether (sulfide) groups is 1. The van der Waals surface area contributed by atoms with Gasteiger partial charge in [0.15, 0.2) is 5.17 Å². The number of nitrogens with one attached hydrogen (secondary N) is 1. The molecule has 6 heteroatoms. The molecular formula is C10H9BrClFN2S. The van der Waals surface area contributed by atoms with Crippen molar-refractivity contribution in [3.63, 3.8) is 0 Å². The van der Waals surface area contributed by atoms with Crippen LogP contribution in [0.2, 0.25) is 5.02 Å². The Morgan fingerprint density at radius 2 is 2.31 bits per heavy atom. The maximum absolute atomic E-state index is 13.0. The molecule has 0 atom stereocenters. The lowest BCUT2D eigenvalue weighted by Crippen LogP contribution is -2.14. The number of anilines is 1. The van der Waals surface area contributed by atoms with Crippen molar-refractivity contribution in [1.82, 2.24) is 0 Å². The van der Waals surface area contributed by atoms with Crippen LogP contribution in [0.4, 0.5) is 10.1 Å². The van der Waals surface area contributed by atoms with Crippen molar-refractivity contribution in [3.05, 3.63) is 27.4 Å². The lowest BCUT2D eigenvalue weighted by molar-refractivity contribution is 0.627. The van der Waals surface area contributed by atoms with Gasteiger partial charge in [0, 0.05) is 16.8 Å². The van der Waals surface area contributed by atoms with Crippen LogP contribution in [0.3, 0.4) is 0 Å². The van der Waals surface area contributed by atoms with Gasteiger partial charge in [0.05, 0.1) is 10.7 Å². The molecule has 0 radical (unpaired) electrons. The lowest BCUT2D eigenvalue weighted by Gasteiger charge is -2.15. The second kappa shape index (κ2) is 5.38. The molecule has 2 rings (SSSR count). The fourth-order valence-corrected chi connectivity index (χ4v) is 3.03. The van der Waals surface area contributed by atoms with E-state index in [0.717, 1.165) is 23.9 Å². The molecule has 86 valence electrons. The van der Waals surface area contributed by atoms with Crippen molar-refractivity contribution >= 4 is 50.1 Å². The van der Waals surface area contributed by atoms with Gasteiger partial charge in [-0.2, -0.15) is 0 Å². The van der Waals surface area contributed by atoms with Gasteiger partial charge in [-0.05, 0) is 34.5 Å². The van der Waals surface area contributed by atoms with E-state index in [2.05, 4.69) is 26.2 Å². The molecule has 0 aromatic heterocycles. The Kier molecular flexibility index (Phi) is 4.10. The maximum atomic E-state index is 13.0. The van der Waals surface area contributed by atoms with Gasteiger partial charge in [-0.1, -0.05) is 23.4 Å². The van der Waals surface area contributed by atoms with E-state index in [1.165, 1.54) is 12.1 Å². The molecule has 1 aromatic carbocycles. The summed E-state index contributed by atoms with van der Waals surface area (Å²) in [6.07, 6.45) is 1.09. The standard InChI is InChI=1S/C10H9BrClFN2S/c11-7-4-6(13)5-8(12)9(7)15-10-14-2-1-3-16-10/h4-5H,1-3H2,(H,14,15). The smallest absolute Gasteiger partial charge is 0.161 e. The second-order valence-electron chi connectivity index (χ2n) is 3.26. The Hall–Kier alpha value is -0.260. The molecule has 2 nitrogen and oxygen atoms in total. The quantitative estimate of drug-likeness (QED) is 0.839.